The molecule has 0 bridgehead atoms. The fourth-order valence-corrected chi connectivity index (χ4v) is 2.95. The number of nitrogens with zero attached hydrogens (tertiary/aromatic N) is 2. The molecule has 6 heteroatoms. The molecule has 2 aromatic carbocycles. The molecule has 140 valence electrons. The van der Waals surface area contributed by atoms with Crippen LogP contribution < -0.4 is 10.6 Å². The van der Waals surface area contributed by atoms with Crippen LogP contribution in [0.1, 0.15) is 18.9 Å². The van der Waals surface area contributed by atoms with Gasteiger partial charge in [0, 0.05) is 53.6 Å². The molecule has 0 aliphatic rings. The van der Waals surface area contributed by atoms with Crippen LogP contribution in [0.25, 0.3) is 17.0 Å². The number of carbonyl (C=O) groups is 2. The summed E-state index contributed by atoms with van der Waals surface area (Å²) < 4.78 is 2.02. The average molecular weight is 372 g/mol. The van der Waals surface area contributed by atoms with Crippen molar-refractivity contribution < 1.29 is 9.59 Å². The molecule has 0 aliphatic heterocycles. The standard InChI is InChI=1S/C22H20N4O2/c1-16(27)24-18-8-10-19(11-9-18)25-22(28)12-7-17-15-26(14-4-13-23)21-6-3-2-5-20(17)21/h2-3,5-12,15H,4,14H2,1H3,(H,24,27)(H,25,28)/b12-7+. The molecule has 0 radical (unpaired) electrons. The SMILES string of the molecule is CC(=O)Nc1ccc(NC(=O)/C=C/c2cn(CCC#N)c3ccccc23)cc1. The van der Waals surface area contributed by atoms with Gasteiger partial charge in [-0.05, 0) is 36.4 Å². The third kappa shape index (κ3) is 4.65. The minimum Gasteiger partial charge on any atom is -0.346 e. The Kier molecular flexibility index (Phi) is 5.87. The predicted octanol–water partition coefficient (Wildman–Crippen LogP) is 4.17. The molecule has 0 unspecified atom stereocenters. The van der Waals surface area contributed by atoms with E-state index >= 15 is 0 Å². The minimum absolute atomic E-state index is 0.145. The maximum absolute atomic E-state index is 12.2. The third-order valence-corrected chi connectivity index (χ3v) is 4.17. The maximum atomic E-state index is 12.2. The largest absolute Gasteiger partial charge is 0.346 e. The van der Waals surface area contributed by atoms with Gasteiger partial charge in [-0.15, -0.1) is 0 Å². The lowest BCUT2D eigenvalue weighted by molar-refractivity contribution is -0.114. The number of amides is 2. The Labute approximate surface area is 163 Å². The van der Waals surface area contributed by atoms with Crippen LogP contribution in [0.2, 0.25) is 0 Å². The Hall–Kier alpha value is -3.85. The van der Waals surface area contributed by atoms with Gasteiger partial charge in [0.05, 0.1) is 12.5 Å². The highest BCUT2D eigenvalue weighted by Crippen LogP contribution is 2.23. The second-order valence-corrected chi connectivity index (χ2v) is 6.28. The molecule has 1 aromatic heterocycles. The van der Waals surface area contributed by atoms with Crippen molar-refractivity contribution in [1.82, 2.24) is 4.57 Å². The molecule has 0 saturated carbocycles. The number of nitrogens with one attached hydrogen (secondary N) is 2. The van der Waals surface area contributed by atoms with Crippen LogP contribution in [0.3, 0.4) is 0 Å². The number of nitriles is 1. The van der Waals surface area contributed by atoms with Crippen molar-refractivity contribution in [2.24, 2.45) is 0 Å². The van der Waals surface area contributed by atoms with Gasteiger partial charge in [-0.2, -0.15) is 5.26 Å². The number of benzene rings is 2. The summed E-state index contributed by atoms with van der Waals surface area (Å²) in [6.07, 6.45) is 5.63. The van der Waals surface area contributed by atoms with Gasteiger partial charge in [0.15, 0.2) is 0 Å². The van der Waals surface area contributed by atoms with Crippen molar-refractivity contribution in [1.29, 1.82) is 5.26 Å². The molecular formula is C22H20N4O2. The molecular weight excluding hydrogens is 352 g/mol. The quantitative estimate of drug-likeness (QED) is 0.637. The zero-order valence-electron chi connectivity index (χ0n) is 15.5. The smallest absolute Gasteiger partial charge is 0.248 e. The van der Waals surface area contributed by atoms with Gasteiger partial charge in [-0.25, -0.2) is 0 Å². The third-order valence-electron chi connectivity index (χ3n) is 4.17. The van der Waals surface area contributed by atoms with Crippen LogP contribution in [0, 0.1) is 11.3 Å². The van der Waals surface area contributed by atoms with E-state index in [1.165, 1.54) is 13.0 Å². The van der Waals surface area contributed by atoms with E-state index < -0.39 is 0 Å². The second-order valence-electron chi connectivity index (χ2n) is 6.28. The number of fused-ring (bicyclic) bond motifs is 1. The lowest BCUT2D eigenvalue weighted by atomic mass is 10.1. The highest BCUT2D eigenvalue weighted by Gasteiger charge is 2.06. The summed E-state index contributed by atoms with van der Waals surface area (Å²) >= 11 is 0. The van der Waals surface area contributed by atoms with E-state index in [-0.39, 0.29) is 11.8 Å². The topological polar surface area (TPSA) is 86.9 Å². The van der Waals surface area contributed by atoms with E-state index in [2.05, 4.69) is 16.7 Å². The highest BCUT2D eigenvalue weighted by molar-refractivity contribution is 6.03. The molecule has 3 aromatic rings. The Balaban J connectivity index is 1.72. The number of aryl methyl sites for hydroxylation is 1. The average Bonchev–Trinajstić information content (AvgIpc) is 3.04. The first-order valence-corrected chi connectivity index (χ1v) is 8.88. The van der Waals surface area contributed by atoms with E-state index in [0.29, 0.717) is 24.3 Å². The molecule has 28 heavy (non-hydrogen) atoms. The summed E-state index contributed by atoms with van der Waals surface area (Å²) in [7, 11) is 0. The molecule has 2 N–H and O–H groups in total. The van der Waals surface area contributed by atoms with E-state index in [4.69, 9.17) is 5.26 Å². The zero-order chi connectivity index (χ0) is 19.9. The van der Waals surface area contributed by atoms with Crippen LogP contribution in [-0.2, 0) is 16.1 Å². The lowest BCUT2D eigenvalue weighted by Crippen LogP contribution is -2.08. The summed E-state index contributed by atoms with van der Waals surface area (Å²) in [6, 6.07) is 17.0. The van der Waals surface area contributed by atoms with E-state index in [0.717, 1.165) is 16.5 Å². The Morgan fingerprint density at radius 2 is 1.75 bits per heavy atom. The van der Waals surface area contributed by atoms with Gasteiger partial charge < -0.3 is 15.2 Å². The molecule has 0 aliphatic carbocycles. The van der Waals surface area contributed by atoms with Crippen molar-refractivity contribution in [2.75, 3.05) is 10.6 Å². The fourth-order valence-electron chi connectivity index (χ4n) is 2.95. The van der Waals surface area contributed by atoms with Crippen LogP contribution in [0.15, 0.2) is 60.8 Å². The molecule has 0 saturated heterocycles. The van der Waals surface area contributed by atoms with Crippen LogP contribution in [0.4, 0.5) is 11.4 Å². The van der Waals surface area contributed by atoms with Gasteiger partial charge in [0.25, 0.3) is 0 Å². The molecule has 3 rings (SSSR count). The maximum Gasteiger partial charge on any atom is 0.248 e. The van der Waals surface area contributed by atoms with Crippen molar-refractivity contribution >= 4 is 40.2 Å². The molecule has 0 spiro atoms. The Morgan fingerprint density at radius 3 is 2.43 bits per heavy atom. The van der Waals surface area contributed by atoms with Gasteiger partial charge >= 0.3 is 0 Å². The fraction of sp³-hybridized carbons (Fsp3) is 0.136. The van der Waals surface area contributed by atoms with Gasteiger partial charge in [0.1, 0.15) is 0 Å². The number of para-hydroxylation sites is 1. The molecule has 6 nitrogen and oxygen atoms in total. The first kappa shape index (κ1) is 18.9. The monoisotopic (exact) mass is 372 g/mol. The van der Waals surface area contributed by atoms with Gasteiger partial charge in [-0.3, -0.25) is 9.59 Å². The molecule has 2 amide bonds. The van der Waals surface area contributed by atoms with Crippen LogP contribution >= 0.6 is 0 Å². The van der Waals surface area contributed by atoms with Crippen molar-refractivity contribution in [3.05, 3.63) is 66.4 Å². The zero-order valence-corrected chi connectivity index (χ0v) is 15.5. The number of aromatic nitrogens is 1. The first-order chi connectivity index (χ1) is 13.6. The summed E-state index contributed by atoms with van der Waals surface area (Å²) in [5.74, 6) is -0.394. The van der Waals surface area contributed by atoms with E-state index in [1.54, 1.807) is 30.3 Å². The second kappa shape index (κ2) is 8.69. The number of hydrogen-bond acceptors (Lipinski definition) is 3. The molecule has 0 atom stereocenters. The highest BCUT2D eigenvalue weighted by atomic mass is 16.2. The van der Waals surface area contributed by atoms with E-state index in [9.17, 15) is 9.59 Å². The number of hydrogen-bond donors (Lipinski definition) is 2. The van der Waals surface area contributed by atoms with E-state index in [1.807, 2.05) is 35.0 Å². The predicted molar refractivity (Wildman–Crippen MR) is 111 cm³/mol. The molecule has 0 fully saturated rings. The normalized spacial score (nSPS) is 10.7. The minimum atomic E-state index is -0.249. The molecule has 1 heterocycles. The van der Waals surface area contributed by atoms with Gasteiger partial charge in [-0.1, -0.05) is 18.2 Å². The summed E-state index contributed by atoms with van der Waals surface area (Å²) in [4.78, 5) is 23.3. The summed E-state index contributed by atoms with van der Waals surface area (Å²) in [6.45, 7) is 2.05. The van der Waals surface area contributed by atoms with Crippen molar-refractivity contribution in [3.8, 4) is 6.07 Å². The first-order valence-electron chi connectivity index (χ1n) is 8.88. The Morgan fingerprint density at radius 1 is 1.07 bits per heavy atom. The number of anilines is 2. The van der Waals surface area contributed by atoms with Crippen LogP contribution in [0.5, 0.6) is 0 Å². The number of carbonyl (C=O) groups excluding carboxylic acids is 2. The number of rotatable bonds is 6. The lowest BCUT2D eigenvalue weighted by Gasteiger charge is -2.05. The Bertz CT molecular complexity index is 1070. The summed E-state index contributed by atoms with van der Waals surface area (Å²) in [5, 5.41) is 15.3. The van der Waals surface area contributed by atoms with Crippen LogP contribution in [-0.4, -0.2) is 16.4 Å². The van der Waals surface area contributed by atoms with Gasteiger partial charge in [0.2, 0.25) is 11.8 Å². The van der Waals surface area contributed by atoms with Crippen molar-refractivity contribution in [3.63, 3.8) is 0 Å². The summed E-state index contributed by atoms with van der Waals surface area (Å²) in [5.41, 5.74) is 3.27. The van der Waals surface area contributed by atoms with Crippen molar-refractivity contribution in [2.45, 2.75) is 19.9 Å².